The van der Waals surface area contributed by atoms with E-state index in [9.17, 15) is 4.79 Å². The minimum Gasteiger partial charge on any atom is -0.361 e. The lowest BCUT2D eigenvalue weighted by atomic mass is 10.4. The van der Waals surface area contributed by atoms with Gasteiger partial charge in [-0.25, -0.2) is 0 Å². The van der Waals surface area contributed by atoms with Crippen LogP contribution in [0.1, 0.15) is 6.42 Å². The Labute approximate surface area is 73.8 Å². The first-order valence-electron chi connectivity index (χ1n) is 3.33. The summed E-state index contributed by atoms with van der Waals surface area (Å²) in [5, 5.41) is 0. The predicted octanol–water partition coefficient (Wildman–Crippen LogP) is 0.549. The Morgan fingerprint density at radius 3 is 3.00 bits per heavy atom. The molecule has 0 aromatic rings. The molecule has 1 aliphatic rings. The Morgan fingerprint density at radius 2 is 2.45 bits per heavy atom. The van der Waals surface area contributed by atoms with E-state index in [-0.39, 0.29) is 5.91 Å². The number of hydrogen-bond acceptors (Lipinski definition) is 2. The van der Waals surface area contributed by atoms with Crippen LogP contribution in [-0.2, 0) is 9.53 Å². The summed E-state index contributed by atoms with van der Waals surface area (Å²) >= 11 is 2.87. The molecule has 0 unspecified atom stereocenters. The van der Waals surface area contributed by atoms with E-state index in [1.807, 2.05) is 0 Å². The third kappa shape index (κ3) is 2.52. The molecular formula is C7H8BrNO2. The molecule has 0 atom stereocenters. The van der Waals surface area contributed by atoms with Crippen LogP contribution >= 0.6 is 15.9 Å². The van der Waals surface area contributed by atoms with E-state index >= 15 is 0 Å². The zero-order valence-electron chi connectivity index (χ0n) is 5.97. The molecule has 0 radical (unpaired) electrons. The van der Waals surface area contributed by atoms with Crippen molar-refractivity contribution in [2.75, 3.05) is 19.9 Å². The topological polar surface area (TPSA) is 29.5 Å². The second-order valence-corrected chi connectivity index (χ2v) is 2.58. The second kappa shape index (κ2) is 4.37. The van der Waals surface area contributed by atoms with Crippen LogP contribution in [0.25, 0.3) is 0 Å². The fourth-order valence-electron chi connectivity index (χ4n) is 0.876. The van der Waals surface area contributed by atoms with Gasteiger partial charge in [-0.2, -0.15) is 0 Å². The number of rotatable bonds is 0. The molecule has 0 N–H and O–H groups in total. The van der Waals surface area contributed by atoms with Crippen LogP contribution in [0.4, 0.5) is 0 Å². The number of carbonyl (C=O) groups is 1. The highest BCUT2D eigenvalue weighted by molar-refractivity contribution is 9.12. The SMILES string of the molecule is O=C(C#CBr)N1CCCOC1. The first-order valence-corrected chi connectivity index (χ1v) is 4.12. The highest BCUT2D eigenvalue weighted by atomic mass is 79.9. The highest BCUT2D eigenvalue weighted by Crippen LogP contribution is 2.00. The molecule has 0 aliphatic carbocycles. The predicted molar refractivity (Wildman–Crippen MR) is 43.9 cm³/mol. The minimum atomic E-state index is -0.179. The average Bonchev–Trinajstić information content (AvgIpc) is 2.07. The van der Waals surface area contributed by atoms with Gasteiger partial charge in [-0.05, 0) is 11.3 Å². The smallest absolute Gasteiger partial charge is 0.301 e. The molecule has 0 aromatic carbocycles. The van der Waals surface area contributed by atoms with Crippen molar-refractivity contribution in [1.29, 1.82) is 0 Å². The van der Waals surface area contributed by atoms with Crippen LogP contribution in [-0.4, -0.2) is 30.7 Å². The van der Waals surface area contributed by atoms with Crippen LogP contribution in [0.5, 0.6) is 0 Å². The van der Waals surface area contributed by atoms with Crippen molar-refractivity contribution < 1.29 is 9.53 Å². The zero-order chi connectivity index (χ0) is 8.10. The highest BCUT2D eigenvalue weighted by Gasteiger charge is 2.13. The van der Waals surface area contributed by atoms with Crippen LogP contribution < -0.4 is 0 Å². The van der Waals surface area contributed by atoms with E-state index in [1.165, 1.54) is 0 Å². The van der Waals surface area contributed by atoms with Crippen molar-refractivity contribution >= 4 is 21.8 Å². The van der Waals surface area contributed by atoms with Gasteiger partial charge in [-0.15, -0.1) is 0 Å². The lowest BCUT2D eigenvalue weighted by Gasteiger charge is -2.24. The second-order valence-electron chi connectivity index (χ2n) is 2.18. The van der Waals surface area contributed by atoms with Crippen molar-refractivity contribution in [3.05, 3.63) is 0 Å². The molecule has 11 heavy (non-hydrogen) atoms. The van der Waals surface area contributed by atoms with Crippen LogP contribution in [0, 0.1) is 10.8 Å². The number of amides is 1. The molecule has 0 aromatic heterocycles. The van der Waals surface area contributed by atoms with E-state index < -0.39 is 0 Å². The van der Waals surface area contributed by atoms with Crippen molar-refractivity contribution in [3.8, 4) is 10.8 Å². The third-order valence-corrected chi connectivity index (χ3v) is 1.60. The molecular weight excluding hydrogens is 210 g/mol. The molecule has 1 heterocycles. The fourth-order valence-corrected chi connectivity index (χ4v) is 1.05. The monoisotopic (exact) mass is 217 g/mol. The lowest BCUT2D eigenvalue weighted by Crippen LogP contribution is -2.37. The van der Waals surface area contributed by atoms with Crippen LogP contribution in [0.3, 0.4) is 0 Å². The van der Waals surface area contributed by atoms with E-state index in [2.05, 4.69) is 26.7 Å². The summed E-state index contributed by atoms with van der Waals surface area (Å²) < 4.78 is 5.07. The molecule has 0 bridgehead atoms. The van der Waals surface area contributed by atoms with E-state index in [1.54, 1.807) is 4.90 Å². The number of carbonyl (C=O) groups excluding carboxylic acids is 1. The molecule has 1 rings (SSSR count). The van der Waals surface area contributed by atoms with Crippen molar-refractivity contribution in [2.45, 2.75) is 6.42 Å². The van der Waals surface area contributed by atoms with Gasteiger partial charge >= 0.3 is 5.91 Å². The van der Waals surface area contributed by atoms with Gasteiger partial charge < -0.3 is 9.64 Å². The Morgan fingerprint density at radius 1 is 1.64 bits per heavy atom. The Bertz CT molecular complexity index is 200. The lowest BCUT2D eigenvalue weighted by molar-refractivity contribution is -0.134. The van der Waals surface area contributed by atoms with Gasteiger partial charge in [0.1, 0.15) is 6.73 Å². The van der Waals surface area contributed by atoms with Gasteiger partial charge in [-0.1, -0.05) is 0 Å². The minimum absolute atomic E-state index is 0.179. The number of hydrogen-bond donors (Lipinski definition) is 0. The standard InChI is InChI=1S/C7H8BrNO2/c8-3-2-7(10)9-4-1-5-11-6-9/h1,4-6H2. The Balaban J connectivity index is 2.43. The maximum Gasteiger partial charge on any atom is 0.301 e. The van der Waals surface area contributed by atoms with E-state index in [4.69, 9.17) is 4.74 Å². The first kappa shape index (κ1) is 8.57. The van der Waals surface area contributed by atoms with Crippen molar-refractivity contribution in [1.82, 2.24) is 4.90 Å². The first-order chi connectivity index (χ1) is 5.34. The number of ether oxygens (including phenoxy) is 1. The summed E-state index contributed by atoms with van der Waals surface area (Å²) in [4.78, 5) is 15.0. The zero-order valence-corrected chi connectivity index (χ0v) is 7.56. The third-order valence-electron chi connectivity index (χ3n) is 1.41. The molecule has 1 amide bonds. The largest absolute Gasteiger partial charge is 0.361 e. The summed E-state index contributed by atoms with van der Waals surface area (Å²) in [7, 11) is 0. The average molecular weight is 218 g/mol. The molecule has 3 nitrogen and oxygen atoms in total. The molecule has 4 heteroatoms. The number of halogens is 1. The van der Waals surface area contributed by atoms with Crippen LogP contribution in [0.15, 0.2) is 0 Å². The van der Waals surface area contributed by atoms with E-state index in [0.29, 0.717) is 6.73 Å². The summed E-state index contributed by atoms with van der Waals surface area (Å²) in [5.74, 6) is 2.21. The van der Waals surface area contributed by atoms with Gasteiger partial charge in [0.2, 0.25) is 0 Å². The maximum absolute atomic E-state index is 11.0. The summed E-state index contributed by atoms with van der Waals surface area (Å²) in [6, 6.07) is 0. The van der Waals surface area contributed by atoms with Gasteiger partial charge in [0.05, 0.1) is 6.61 Å². The molecule has 0 spiro atoms. The summed E-state index contributed by atoms with van der Waals surface area (Å²) in [6.45, 7) is 1.87. The van der Waals surface area contributed by atoms with E-state index in [0.717, 1.165) is 19.6 Å². The summed E-state index contributed by atoms with van der Waals surface area (Å²) in [5.41, 5.74) is 0. The molecule has 1 aliphatic heterocycles. The van der Waals surface area contributed by atoms with Crippen LogP contribution in [0.2, 0.25) is 0 Å². The normalized spacial score (nSPS) is 17.0. The number of nitrogens with zero attached hydrogens (tertiary/aromatic N) is 1. The van der Waals surface area contributed by atoms with Crippen molar-refractivity contribution in [2.24, 2.45) is 0 Å². The molecule has 60 valence electrons. The quantitative estimate of drug-likeness (QED) is 0.555. The van der Waals surface area contributed by atoms with Crippen molar-refractivity contribution in [3.63, 3.8) is 0 Å². The van der Waals surface area contributed by atoms with Gasteiger partial charge in [0.25, 0.3) is 0 Å². The summed E-state index contributed by atoms with van der Waals surface area (Å²) in [6.07, 6.45) is 0.899. The fraction of sp³-hybridized carbons (Fsp3) is 0.571. The Hall–Kier alpha value is -0.530. The molecule has 1 fully saturated rings. The molecule has 0 saturated carbocycles. The Kier molecular flexibility index (Phi) is 3.40. The van der Waals surface area contributed by atoms with Gasteiger partial charge in [-0.3, -0.25) is 4.79 Å². The van der Waals surface area contributed by atoms with Gasteiger partial charge in [0, 0.05) is 28.4 Å². The molecule has 1 saturated heterocycles. The van der Waals surface area contributed by atoms with Gasteiger partial charge in [0.15, 0.2) is 0 Å². The maximum atomic E-state index is 11.0.